The van der Waals surface area contributed by atoms with E-state index in [1.54, 1.807) is 0 Å². The molecule has 0 bridgehead atoms. The third-order valence-electron chi connectivity index (χ3n) is 6.53. The minimum Gasteiger partial charge on any atom is -0.497 e. The maximum atomic E-state index is 13.6. The molecule has 43 heavy (non-hydrogen) atoms. The second kappa shape index (κ2) is 14.0. The smallest absolute Gasteiger partial charge is 0.335 e. The van der Waals surface area contributed by atoms with E-state index in [-0.39, 0.29) is 36.2 Å². The van der Waals surface area contributed by atoms with E-state index < -0.39 is 54.6 Å². The van der Waals surface area contributed by atoms with Crippen molar-refractivity contribution in [1.82, 2.24) is 9.13 Å². The first-order chi connectivity index (χ1) is 20.4. The Kier molecular flexibility index (Phi) is 10.8. The molecule has 1 aromatic heterocycles. The van der Waals surface area contributed by atoms with Gasteiger partial charge in [0.1, 0.15) is 30.8 Å². The predicted octanol–water partition coefficient (Wildman–Crippen LogP) is 5.09. The molecule has 0 amide bonds. The van der Waals surface area contributed by atoms with Gasteiger partial charge in [0.15, 0.2) is 18.6 Å². The first-order valence-corrected chi connectivity index (χ1v) is 14.2. The molecule has 11 nitrogen and oxygen atoms in total. The maximum absolute atomic E-state index is 13.6. The number of aromatic nitrogens is 2. The topological polar surface area (TPSA) is 124 Å². The number of benzene rings is 2. The van der Waals surface area contributed by atoms with Crippen LogP contribution in [0.1, 0.15) is 30.4 Å². The molecule has 230 valence electrons. The van der Waals surface area contributed by atoms with Gasteiger partial charge in [-0.05, 0) is 24.3 Å². The van der Waals surface area contributed by atoms with E-state index in [1.165, 1.54) is 38.5 Å². The molecule has 2 aromatic carbocycles. The van der Waals surface area contributed by atoms with Crippen molar-refractivity contribution in [2.75, 3.05) is 14.2 Å². The lowest BCUT2D eigenvalue weighted by Crippen LogP contribution is -2.44. The molecule has 5 atom stereocenters. The minimum atomic E-state index is -1.31. The van der Waals surface area contributed by atoms with Crippen molar-refractivity contribution in [2.45, 2.75) is 44.3 Å². The zero-order valence-corrected chi connectivity index (χ0v) is 26.4. The van der Waals surface area contributed by atoms with Crippen LogP contribution < -0.4 is 16.0 Å². The molecule has 1 aliphatic heterocycles. The highest BCUT2D eigenvalue weighted by atomic mass is 35.5. The predicted molar refractivity (Wildman–Crippen MR) is 159 cm³/mol. The summed E-state index contributed by atoms with van der Waals surface area (Å²) >= 11 is 32.3. The summed E-state index contributed by atoms with van der Waals surface area (Å²) in [5.74, 6) is -0.348. The third-order valence-corrected chi connectivity index (χ3v) is 8.00. The van der Waals surface area contributed by atoms with Gasteiger partial charge in [-0.2, -0.15) is 0 Å². The van der Waals surface area contributed by atoms with Crippen molar-refractivity contribution in [1.29, 1.82) is 0 Å². The van der Waals surface area contributed by atoms with E-state index in [4.69, 9.17) is 81.7 Å². The van der Waals surface area contributed by atoms with Crippen LogP contribution in [0.25, 0.3) is 0 Å². The molecule has 1 fully saturated rings. The lowest BCUT2D eigenvalue weighted by Gasteiger charge is -2.25. The molecule has 1 unspecified atom stereocenters. The van der Waals surface area contributed by atoms with Crippen LogP contribution in [0.3, 0.4) is 0 Å². The van der Waals surface area contributed by atoms with Crippen molar-refractivity contribution >= 4 is 70.3 Å². The fourth-order valence-corrected chi connectivity index (χ4v) is 6.30. The van der Waals surface area contributed by atoms with Gasteiger partial charge < -0.3 is 28.5 Å². The van der Waals surface area contributed by atoms with Crippen LogP contribution in [0.15, 0.2) is 46.1 Å². The molecule has 1 aliphatic rings. The van der Waals surface area contributed by atoms with Gasteiger partial charge in [-0.3, -0.25) is 14.2 Å². The number of rotatable bonds is 10. The normalized spacial score (nSPS) is 20.6. The molecule has 3 aromatic rings. The molecule has 0 saturated carbocycles. The Morgan fingerprint density at radius 1 is 0.977 bits per heavy atom. The Bertz CT molecular complexity index is 1610. The number of nitrogens with zero attached hydrogens (tertiary/aromatic N) is 2. The number of methoxy groups -OCH3 is 2. The van der Waals surface area contributed by atoms with E-state index in [1.807, 2.05) is 0 Å². The lowest BCUT2D eigenvalue weighted by molar-refractivity contribution is -0.157. The molecule has 4 rings (SSSR count). The van der Waals surface area contributed by atoms with E-state index in [2.05, 4.69) is 0 Å². The zero-order valence-electron chi connectivity index (χ0n) is 22.6. The van der Waals surface area contributed by atoms with E-state index in [0.29, 0.717) is 12.0 Å². The van der Waals surface area contributed by atoms with Crippen LogP contribution in [-0.4, -0.2) is 53.9 Å². The van der Waals surface area contributed by atoms with Crippen LogP contribution in [0.5, 0.6) is 5.75 Å². The third kappa shape index (κ3) is 6.89. The van der Waals surface area contributed by atoms with Gasteiger partial charge in [-0.25, -0.2) is 9.36 Å². The van der Waals surface area contributed by atoms with E-state index >= 15 is 0 Å². The fraction of sp³-hybridized carbons (Fsp3) is 0.333. The number of hydrogen-bond donors (Lipinski definition) is 0. The summed E-state index contributed by atoms with van der Waals surface area (Å²) < 4.78 is 29.4. The summed E-state index contributed by atoms with van der Waals surface area (Å²) in [6.45, 7) is 0.491. The van der Waals surface area contributed by atoms with E-state index in [9.17, 15) is 19.2 Å². The molecule has 0 radical (unpaired) electrons. The number of ether oxygens (including phenoxy) is 5. The maximum Gasteiger partial charge on any atom is 0.335 e. The average Bonchev–Trinajstić information content (AvgIpc) is 3.27. The highest BCUT2D eigenvalue weighted by Gasteiger charge is 2.48. The number of hydrogen-bond acceptors (Lipinski definition) is 9. The monoisotopic (exact) mass is 694 g/mol. The largest absolute Gasteiger partial charge is 0.497 e. The van der Waals surface area contributed by atoms with Crippen LogP contribution in [0.2, 0.25) is 25.1 Å². The first-order valence-electron chi connectivity index (χ1n) is 12.3. The SMILES string of the molecule is COc1cc(Cl)c(C(OCn2c(=O)ccn([C@@H]3O[C@H](C=O)[C@@H](OC)[C@H]3OC(C)=O)c2=O)c2c(Cl)cc(Cl)cc2Cl)c(Cl)c1. The fourth-order valence-electron chi connectivity index (χ4n) is 4.62. The highest BCUT2D eigenvalue weighted by Crippen LogP contribution is 2.44. The van der Waals surface area contributed by atoms with E-state index in [0.717, 1.165) is 28.3 Å². The number of carbonyl (C=O) groups is 2. The number of halogens is 5. The van der Waals surface area contributed by atoms with Gasteiger partial charge in [0.25, 0.3) is 5.56 Å². The van der Waals surface area contributed by atoms with Crippen molar-refractivity contribution in [3.63, 3.8) is 0 Å². The standard InChI is InChI=1S/C27H23Cl5N2O9/c1-12(36)42-25-23(40-3)19(10-35)43-26(25)33-5-4-20(37)34(27(33)38)11-41-24(21-15(29)6-13(28)7-16(21)30)22-17(31)8-14(39-2)9-18(22)32/h4-10,19,23-26H,11H2,1-3H3/t19-,23-,24?,25-,26-/m1/s1. The molecule has 0 aliphatic carbocycles. The summed E-state index contributed by atoms with van der Waals surface area (Å²) in [6, 6.07) is 6.90. The molecule has 0 spiro atoms. The first kappa shape index (κ1) is 33.3. The van der Waals surface area contributed by atoms with Crippen molar-refractivity contribution in [2.24, 2.45) is 0 Å². The molecular weight excluding hydrogens is 674 g/mol. The quantitative estimate of drug-likeness (QED) is 0.211. The molecule has 0 N–H and O–H groups in total. The summed E-state index contributed by atoms with van der Waals surface area (Å²) in [6.07, 6.45) is -4.31. The van der Waals surface area contributed by atoms with Crippen LogP contribution in [-0.2, 0) is 35.3 Å². The molecule has 16 heteroatoms. The average molecular weight is 697 g/mol. The van der Waals surface area contributed by atoms with Gasteiger partial charge >= 0.3 is 11.7 Å². The minimum absolute atomic E-state index is 0.0948. The molecular formula is C27H23Cl5N2O9. The van der Waals surface area contributed by atoms with Crippen LogP contribution >= 0.6 is 58.0 Å². The Balaban J connectivity index is 1.79. The Hall–Kier alpha value is -2.61. The highest BCUT2D eigenvalue weighted by molar-refractivity contribution is 6.40. The van der Waals surface area contributed by atoms with Crippen molar-refractivity contribution < 1.29 is 33.3 Å². The number of esters is 1. The second-order valence-corrected chi connectivity index (χ2v) is 11.2. The summed E-state index contributed by atoms with van der Waals surface area (Å²) in [5.41, 5.74) is -1.25. The second-order valence-electron chi connectivity index (χ2n) is 9.14. The lowest BCUT2D eigenvalue weighted by atomic mass is 10.0. The van der Waals surface area contributed by atoms with Gasteiger partial charge in [0.05, 0.1) is 17.2 Å². The number of carbonyl (C=O) groups excluding carboxylic acids is 2. The Labute approximate surface area is 269 Å². The van der Waals surface area contributed by atoms with Crippen LogP contribution in [0.4, 0.5) is 0 Å². The Morgan fingerprint density at radius 2 is 1.56 bits per heavy atom. The molecule has 2 heterocycles. The summed E-state index contributed by atoms with van der Waals surface area (Å²) in [4.78, 5) is 50.0. The van der Waals surface area contributed by atoms with Crippen LogP contribution in [0, 0.1) is 0 Å². The van der Waals surface area contributed by atoms with Gasteiger partial charge in [0, 0.05) is 52.5 Å². The van der Waals surface area contributed by atoms with Crippen molar-refractivity contribution in [3.8, 4) is 5.75 Å². The van der Waals surface area contributed by atoms with Gasteiger partial charge in [-0.15, -0.1) is 0 Å². The van der Waals surface area contributed by atoms with Gasteiger partial charge in [0.2, 0.25) is 0 Å². The summed E-state index contributed by atoms with van der Waals surface area (Å²) in [7, 11) is 2.73. The van der Waals surface area contributed by atoms with Crippen molar-refractivity contribution in [3.05, 3.63) is 93.6 Å². The zero-order chi connectivity index (χ0) is 31.6. The van der Waals surface area contributed by atoms with Gasteiger partial charge in [-0.1, -0.05) is 58.0 Å². The summed E-state index contributed by atoms with van der Waals surface area (Å²) in [5, 5.41) is 0.662. The Morgan fingerprint density at radius 3 is 2.07 bits per heavy atom. The number of aldehydes is 1. The molecule has 1 saturated heterocycles.